The van der Waals surface area contributed by atoms with Gasteiger partial charge in [-0.25, -0.2) is 8.42 Å². The van der Waals surface area contributed by atoms with Crippen molar-refractivity contribution in [3.05, 3.63) is 59.9 Å². The molecule has 0 atom stereocenters. The van der Waals surface area contributed by atoms with Gasteiger partial charge in [-0.05, 0) is 49.6 Å². The van der Waals surface area contributed by atoms with Gasteiger partial charge in [-0.15, -0.1) is 0 Å². The summed E-state index contributed by atoms with van der Waals surface area (Å²) in [7, 11) is -3.59. The predicted molar refractivity (Wildman–Crippen MR) is 97.3 cm³/mol. The summed E-state index contributed by atoms with van der Waals surface area (Å²) in [5, 5.41) is 2.94. The Morgan fingerprint density at radius 3 is 2.58 bits per heavy atom. The molecule has 2 aliphatic rings. The first-order valence-corrected chi connectivity index (χ1v) is 10.3. The average molecular weight is 371 g/mol. The number of sulfonamides is 1. The molecule has 2 heterocycles. The SMILES string of the molecule is O=C(NC1CCC1)c1cccc(S(=O)(=O)N2CC(c3ccccn3)C2)c1. The molecule has 1 aliphatic heterocycles. The molecule has 6 nitrogen and oxygen atoms in total. The summed E-state index contributed by atoms with van der Waals surface area (Å²) in [6.45, 7) is 0.829. The fraction of sp³-hybridized carbons (Fsp3) is 0.368. The van der Waals surface area contributed by atoms with Gasteiger partial charge in [0.15, 0.2) is 0 Å². The minimum atomic E-state index is -3.59. The third kappa shape index (κ3) is 3.24. The van der Waals surface area contributed by atoms with Gasteiger partial charge in [0.25, 0.3) is 5.91 Å². The third-order valence-electron chi connectivity index (χ3n) is 5.13. The normalized spacial score (nSPS) is 18.8. The largest absolute Gasteiger partial charge is 0.349 e. The quantitative estimate of drug-likeness (QED) is 0.873. The van der Waals surface area contributed by atoms with E-state index in [0.717, 1.165) is 25.0 Å². The van der Waals surface area contributed by atoms with Crippen LogP contribution in [0, 0.1) is 0 Å². The molecule has 1 N–H and O–H groups in total. The Balaban J connectivity index is 1.46. The van der Waals surface area contributed by atoms with Crippen molar-refractivity contribution in [2.45, 2.75) is 36.1 Å². The van der Waals surface area contributed by atoms with E-state index in [-0.39, 0.29) is 22.8 Å². The van der Waals surface area contributed by atoms with Crippen LogP contribution in [0.15, 0.2) is 53.6 Å². The Kier molecular flexibility index (Phi) is 4.50. The van der Waals surface area contributed by atoms with E-state index in [2.05, 4.69) is 10.3 Å². The Bertz CT molecular complexity index is 905. The number of rotatable bonds is 5. The number of benzene rings is 1. The molecule has 4 rings (SSSR count). The zero-order chi connectivity index (χ0) is 18.1. The second-order valence-electron chi connectivity index (χ2n) is 6.90. The van der Waals surface area contributed by atoms with E-state index >= 15 is 0 Å². The molecular formula is C19H21N3O3S. The van der Waals surface area contributed by atoms with Crippen LogP contribution in [0.25, 0.3) is 0 Å². The Labute approximate surface area is 153 Å². The van der Waals surface area contributed by atoms with E-state index in [4.69, 9.17) is 0 Å². The van der Waals surface area contributed by atoms with E-state index in [1.165, 1.54) is 10.4 Å². The molecule has 7 heteroatoms. The van der Waals surface area contributed by atoms with E-state index in [1.807, 2.05) is 18.2 Å². The van der Waals surface area contributed by atoms with Crippen LogP contribution in [0.2, 0.25) is 0 Å². The number of nitrogens with zero attached hydrogens (tertiary/aromatic N) is 2. The highest BCUT2D eigenvalue weighted by Gasteiger charge is 2.38. The van der Waals surface area contributed by atoms with Gasteiger partial charge in [0, 0.05) is 42.5 Å². The first-order chi connectivity index (χ1) is 12.5. The zero-order valence-corrected chi connectivity index (χ0v) is 15.2. The molecule has 0 radical (unpaired) electrons. The van der Waals surface area contributed by atoms with Crippen molar-refractivity contribution in [3.8, 4) is 0 Å². The fourth-order valence-corrected chi connectivity index (χ4v) is 4.78. The van der Waals surface area contributed by atoms with Crippen molar-refractivity contribution < 1.29 is 13.2 Å². The molecule has 0 spiro atoms. The van der Waals surface area contributed by atoms with Gasteiger partial charge >= 0.3 is 0 Å². The van der Waals surface area contributed by atoms with Gasteiger partial charge in [-0.1, -0.05) is 12.1 Å². The monoisotopic (exact) mass is 371 g/mol. The first-order valence-electron chi connectivity index (χ1n) is 8.86. The summed E-state index contributed by atoms with van der Waals surface area (Å²) in [5.41, 5.74) is 1.30. The second-order valence-corrected chi connectivity index (χ2v) is 8.84. The van der Waals surface area contributed by atoms with Crippen LogP contribution in [0.1, 0.15) is 41.2 Å². The highest BCUT2D eigenvalue weighted by atomic mass is 32.2. The minimum absolute atomic E-state index is 0.121. The lowest BCUT2D eigenvalue weighted by Crippen LogP contribution is -2.48. The van der Waals surface area contributed by atoms with Gasteiger partial charge in [0.05, 0.1) is 4.90 Å². The summed E-state index contributed by atoms with van der Waals surface area (Å²) in [4.78, 5) is 16.7. The number of aromatic nitrogens is 1. The van der Waals surface area contributed by atoms with Crippen LogP contribution < -0.4 is 5.32 Å². The average Bonchev–Trinajstić information content (AvgIpc) is 2.57. The van der Waals surface area contributed by atoms with Gasteiger partial charge in [-0.3, -0.25) is 9.78 Å². The third-order valence-corrected chi connectivity index (χ3v) is 6.96. The number of hydrogen-bond acceptors (Lipinski definition) is 4. The Morgan fingerprint density at radius 2 is 1.92 bits per heavy atom. The summed E-state index contributed by atoms with van der Waals surface area (Å²) < 4.78 is 27.1. The zero-order valence-electron chi connectivity index (χ0n) is 14.3. The second kappa shape index (κ2) is 6.81. The highest BCUT2D eigenvalue weighted by molar-refractivity contribution is 7.89. The van der Waals surface area contributed by atoms with Crippen LogP contribution in [0.4, 0.5) is 0 Å². The van der Waals surface area contributed by atoms with Crippen LogP contribution in [-0.2, 0) is 10.0 Å². The van der Waals surface area contributed by atoms with Gasteiger partial charge in [-0.2, -0.15) is 4.31 Å². The number of amides is 1. The van der Waals surface area contributed by atoms with Crippen molar-refractivity contribution in [1.29, 1.82) is 0 Å². The molecule has 1 saturated carbocycles. The summed E-state index contributed by atoms with van der Waals surface area (Å²) in [6, 6.07) is 12.2. The molecule has 0 bridgehead atoms. The Hall–Kier alpha value is -2.25. The van der Waals surface area contributed by atoms with E-state index < -0.39 is 10.0 Å². The Morgan fingerprint density at radius 1 is 1.12 bits per heavy atom. The van der Waals surface area contributed by atoms with E-state index in [1.54, 1.807) is 24.4 Å². The molecule has 1 saturated heterocycles. The molecule has 2 fully saturated rings. The molecule has 0 unspecified atom stereocenters. The summed E-state index contributed by atoms with van der Waals surface area (Å²) in [5.74, 6) is -0.0854. The number of hydrogen-bond donors (Lipinski definition) is 1. The molecule has 1 amide bonds. The van der Waals surface area contributed by atoms with Crippen LogP contribution in [0.5, 0.6) is 0 Å². The summed E-state index contributed by atoms with van der Waals surface area (Å²) in [6.07, 6.45) is 4.83. The van der Waals surface area contributed by atoms with E-state index in [9.17, 15) is 13.2 Å². The van der Waals surface area contributed by atoms with Crippen molar-refractivity contribution in [1.82, 2.24) is 14.6 Å². The van der Waals surface area contributed by atoms with Gasteiger partial charge < -0.3 is 5.32 Å². The minimum Gasteiger partial charge on any atom is -0.349 e. The lowest BCUT2D eigenvalue weighted by Gasteiger charge is -2.37. The summed E-state index contributed by atoms with van der Waals surface area (Å²) >= 11 is 0. The molecular weight excluding hydrogens is 350 g/mol. The van der Waals surface area contributed by atoms with Crippen LogP contribution in [-0.4, -0.2) is 42.7 Å². The van der Waals surface area contributed by atoms with Gasteiger partial charge in [0.1, 0.15) is 0 Å². The maximum atomic E-state index is 12.8. The number of carbonyl (C=O) groups excluding carboxylic acids is 1. The fourth-order valence-electron chi connectivity index (χ4n) is 3.21. The maximum Gasteiger partial charge on any atom is 0.251 e. The topological polar surface area (TPSA) is 79.4 Å². The van der Waals surface area contributed by atoms with Crippen LogP contribution in [0.3, 0.4) is 0 Å². The number of pyridine rings is 1. The van der Waals surface area contributed by atoms with Crippen molar-refractivity contribution in [3.63, 3.8) is 0 Å². The smallest absolute Gasteiger partial charge is 0.251 e. The molecule has 1 aliphatic carbocycles. The van der Waals surface area contributed by atoms with Crippen molar-refractivity contribution in [2.24, 2.45) is 0 Å². The predicted octanol–water partition coefficient (Wildman–Crippen LogP) is 2.15. The lowest BCUT2D eigenvalue weighted by molar-refractivity contribution is 0.0916. The highest BCUT2D eigenvalue weighted by Crippen LogP contribution is 2.31. The number of carbonyl (C=O) groups is 1. The molecule has 1 aromatic carbocycles. The molecule has 2 aromatic rings. The van der Waals surface area contributed by atoms with Crippen LogP contribution >= 0.6 is 0 Å². The molecule has 1 aromatic heterocycles. The molecule has 136 valence electrons. The van der Waals surface area contributed by atoms with Crippen molar-refractivity contribution >= 4 is 15.9 Å². The number of nitrogens with one attached hydrogen (secondary N) is 1. The van der Waals surface area contributed by atoms with E-state index in [0.29, 0.717) is 18.7 Å². The maximum absolute atomic E-state index is 12.8. The molecule has 26 heavy (non-hydrogen) atoms. The standard InChI is InChI=1S/C19H21N3O3S/c23-19(21-16-6-4-7-16)14-5-3-8-17(11-14)26(24,25)22-12-15(13-22)18-9-1-2-10-20-18/h1-3,5,8-11,15-16H,4,6-7,12-13H2,(H,21,23). The lowest BCUT2D eigenvalue weighted by atomic mass is 9.93. The van der Waals surface area contributed by atoms with Gasteiger partial charge in [0.2, 0.25) is 10.0 Å². The van der Waals surface area contributed by atoms with Crippen molar-refractivity contribution in [2.75, 3.05) is 13.1 Å². The first kappa shape index (κ1) is 17.2.